The number of amides is 1. The summed E-state index contributed by atoms with van der Waals surface area (Å²) in [6.07, 6.45) is 3.49. The Hall–Kier alpha value is -2.90. The van der Waals surface area contributed by atoms with Crippen LogP contribution in [0.1, 0.15) is 31.5 Å². The van der Waals surface area contributed by atoms with E-state index in [-0.39, 0.29) is 5.91 Å². The highest BCUT2D eigenvalue weighted by Crippen LogP contribution is 2.30. The van der Waals surface area contributed by atoms with E-state index < -0.39 is 0 Å². The normalized spacial score (nSPS) is 10.9. The van der Waals surface area contributed by atoms with Crippen molar-refractivity contribution in [3.8, 4) is 21.8 Å². The molecule has 1 N–H and O–H groups in total. The number of carbonyl (C=O) groups is 1. The van der Waals surface area contributed by atoms with E-state index in [2.05, 4.69) is 52.3 Å². The van der Waals surface area contributed by atoms with Gasteiger partial charge in [-0.05, 0) is 38.5 Å². The van der Waals surface area contributed by atoms with Crippen molar-refractivity contribution in [1.82, 2.24) is 20.3 Å². The van der Waals surface area contributed by atoms with Crippen molar-refractivity contribution < 1.29 is 4.79 Å². The van der Waals surface area contributed by atoms with Crippen molar-refractivity contribution in [2.24, 2.45) is 0 Å². The minimum Gasteiger partial charge on any atom is -0.345 e. The Morgan fingerprint density at radius 2 is 1.86 bits per heavy atom. The fourth-order valence-electron chi connectivity index (χ4n) is 3.06. The molecule has 0 saturated heterocycles. The van der Waals surface area contributed by atoms with Crippen LogP contribution in [0.5, 0.6) is 0 Å². The maximum Gasteiger partial charge on any atom is 0.263 e. The zero-order chi connectivity index (χ0) is 20.4. The van der Waals surface area contributed by atoms with Crippen LogP contribution in [0.3, 0.4) is 0 Å². The van der Waals surface area contributed by atoms with Gasteiger partial charge in [0.05, 0.1) is 17.9 Å². The number of aryl methyl sites for hydroxylation is 3. The van der Waals surface area contributed by atoms with E-state index in [9.17, 15) is 4.79 Å². The van der Waals surface area contributed by atoms with Gasteiger partial charge in [-0.1, -0.05) is 23.8 Å². The molecule has 0 saturated carbocycles. The second-order valence-corrected chi connectivity index (χ2v) is 8.74. The Balaban J connectivity index is 1.47. The highest BCUT2D eigenvalue weighted by molar-refractivity contribution is 7.17. The van der Waals surface area contributed by atoms with Gasteiger partial charge >= 0.3 is 0 Å². The summed E-state index contributed by atoms with van der Waals surface area (Å²) < 4.78 is 0. The Labute approximate surface area is 177 Å². The van der Waals surface area contributed by atoms with E-state index in [1.54, 1.807) is 12.4 Å². The van der Waals surface area contributed by atoms with E-state index in [4.69, 9.17) is 0 Å². The predicted molar refractivity (Wildman–Crippen MR) is 118 cm³/mol. The van der Waals surface area contributed by atoms with E-state index in [1.807, 2.05) is 24.4 Å². The fourth-order valence-corrected chi connectivity index (χ4v) is 4.88. The SMILES string of the molecule is Cc1ccc(-c2nc(C)c(C(=O)NCc3nc(-c4ccncc4)cs3)s2)c(C)c1. The van der Waals surface area contributed by atoms with Gasteiger partial charge in [0.2, 0.25) is 0 Å². The Morgan fingerprint density at radius 3 is 2.62 bits per heavy atom. The summed E-state index contributed by atoms with van der Waals surface area (Å²) in [5.74, 6) is -0.114. The zero-order valence-corrected chi connectivity index (χ0v) is 18.0. The molecule has 5 nitrogen and oxygen atoms in total. The largest absolute Gasteiger partial charge is 0.345 e. The van der Waals surface area contributed by atoms with Crippen molar-refractivity contribution >= 4 is 28.6 Å². The average Bonchev–Trinajstić information content (AvgIpc) is 3.34. The van der Waals surface area contributed by atoms with E-state index in [0.29, 0.717) is 11.4 Å². The number of thiazole rings is 2. The molecule has 0 radical (unpaired) electrons. The van der Waals surface area contributed by atoms with Crippen molar-refractivity contribution in [3.05, 3.63) is 74.8 Å². The zero-order valence-electron chi connectivity index (χ0n) is 16.4. The molecule has 0 aliphatic carbocycles. The average molecular weight is 421 g/mol. The van der Waals surface area contributed by atoms with Crippen LogP contribution in [0.2, 0.25) is 0 Å². The first-order valence-electron chi connectivity index (χ1n) is 9.19. The van der Waals surface area contributed by atoms with Crippen LogP contribution in [0.25, 0.3) is 21.8 Å². The van der Waals surface area contributed by atoms with Crippen LogP contribution in [-0.4, -0.2) is 20.9 Å². The minimum absolute atomic E-state index is 0.114. The minimum atomic E-state index is -0.114. The molecule has 3 heterocycles. The molecule has 7 heteroatoms. The molecular weight excluding hydrogens is 400 g/mol. The number of nitrogens with one attached hydrogen (secondary N) is 1. The highest BCUT2D eigenvalue weighted by Gasteiger charge is 2.17. The molecule has 1 amide bonds. The molecule has 1 aromatic carbocycles. The molecule has 0 fully saturated rings. The molecule has 0 spiro atoms. The van der Waals surface area contributed by atoms with Crippen molar-refractivity contribution in [2.45, 2.75) is 27.3 Å². The van der Waals surface area contributed by atoms with Crippen LogP contribution >= 0.6 is 22.7 Å². The van der Waals surface area contributed by atoms with Gasteiger partial charge in [-0.15, -0.1) is 22.7 Å². The van der Waals surface area contributed by atoms with Gasteiger partial charge in [0.15, 0.2) is 0 Å². The molecule has 4 aromatic rings. The van der Waals surface area contributed by atoms with Crippen LogP contribution in [-0.2, 0) is 6.54 Å². The summed E-state index contributed by atoms with van der Waals surface area (Å²) in [6, 6.07) is 10.1. The van der Waals surface area contributed by atoms with Crippen LogP contribution < -0.4 is 5.32 Å². The van der Waals surface area contributed by atoms with Gasteiger partial charge in [-0.3, -0.25) is 9.78 Å². The molecule has 146 valence electrons. The van der Waals surface area contributed by atoms with Crippen LogP contribution in [0.4, 0.5) is 0 Å². The summed E-state index contributed by atoms with van der Waals surface area (Å²) in [5, 5.41) is 6.71. The predicted octanol–water partition coefficient (Wildman–Crippen LogP) is 5.18. The van der Waals surface area contributed by atoms with Crippen molar-refractivity contribution in [1.29, 1.82) is 0 Å². The lowest BCUT2D eigenvalue weighted by Gasteiger charge is -2.03. The first-order valence-corrected chi connectivity index (χ1v) is 10.9. The Kier molecular flexibility index (Phi) is 5.51. The van der Waals surface area contributed by atoms with E-state index in [1.165, 1.54) is 28.2 Å². The number of hydrogen-bond acceptors (Lipinski definition) is 6. The molecule has 4 rings (SSSR count). The second-order valence-electron chi connectivity index (χ2n) is 6.80. The van der Waals surface area contributed by atoms with Crippen LogP contribution in [0.15, 0.2) is 48.1 Å². The summed E-state index contributed by atoms with van der Waals surface area (Å²) >= 11 is 2.96. The number of nitrogens with zero attached hydrogens (tertiary/aromatic N) is 3. The number of aromatic nitrogens is 3. The first kappa shape index (κ1) is 19.4. The molecule has 0 unspecified atom stereocenters. The lowest BCUT2D eigenvalue weighted by Crippen LogP contribution is -2.22. The summed E-state index contributed by atoms with van der Waals surface area (Å²) in [4.78, 5) is 26.6. The number of pyridine rings is 1. The number of rotatable bonds is 5. The molecule has 0 bridgehead atoms. The first-order chi connectivity index (χ1) is 14.0. The number of hydrogen-bond donors (Lipinski definition) is 1. The summed E-state index contributed by atoms with van der Waals surface area (Å²) in [7, 11) is 0. The third-order valence-electron chi connectivity index (χ3n) is 4.54. The Bertz CT molecular complexity index is 1160. The summed E-state index contributed by atoms with van der Waals surface area (Å²) in [5.41, 5.74) is 6.12. The second kappa shape index (κ2) is 8.23. The molecule has 29 heavy (non-hydrogen) atoms. The van der Waals surface area contributed by atoms with Gasteiger partial charge in [-0.2, -0.15) is 0 Å². The van der Waals surface area contributed by atoms with Crippen LogP contribution in [0, 0.1) is 20.8 Å². The van der Waals surface area contributed by atoms with Crippen molar-refractivity contribution in [2.75, 3.05) is 0 Å². The monoisotopic (exact) mass is 420 g/mol. The molecule has 0 aliphatic rings. The fraction of sp³-hybridized carbons (Fsp3) is 0.182. The van der Waals surface area contributed by atoms with Gasteiger partial charge in [0.25, 0.3) is 5.91 Å². The third-order valence-corrected chi connectivity index (χ3v) is 6.58. The lowest BCUT2D eigenvalue weighted by molar-refractivity contribution is 0.0954. The van der Waals surface area contributed by atoms with E-state index in [0.717, 1.165) is 38.1 Å². The quantitative estimate of drug-likeness (QED) is 0.483. The number of benzene rings is 1. The third kappa shape index (κ3) is 4.26. The Morgan fingerprint density at radius 1 is 1.07 bits per heavy atom. The van der Waals surface area contributed by atoms with E-state index >= 15 is 0 Å². The van der Waals surface area contributed by atoms with Crippen molar-refractivity contribution in [3.63, 3.8) is 0 Å². The molecule has 3 aromatic heterocycles. The molecule has 0 aliphatic heterocycles. The topological polar surface area (TPSA) is 67.8 Å². The number of carbonyl (C=O) groups excluding carboxylic acids is 1. The van der Waals surface area contributed by atoms with Gasteiger partial charge in [-0.25, -0.2) is 9.97 Å². The van der Waals surface area contributed by atoms with Gasteiger partial charge < -0.3 is 5.32 Å². The lowest BCUT2D eigenvalue weighted by atomic mass is 10.1. The maximum atomic E-state index is 12.7. The highest BCUT2D eigenvalue weighted by atomic mass is 32.1. The maximum absolute atomic E-state index is 12.7. The molecular formula is C22H20N4OS2. The molecule has 0 atom stereocenters. The standard InChI is InChI=1S/C22H20N4OS2/c1-13-4-5-17(14(2)10-13)22-25-15(3)20(29-22)21(27)24-11-19-26-18(12-28-19)16-6-8-23-9-7-16/h4-10,12H,11H2,1-3H3,(H,24,27). The smallest absolute Gasteiger partial charge is 0.263 e. The van der Waals surface area contributed by atoms with Gasteiger partial charge in [0.1, 0.15) is 14.9 Å². The summed E-state index contributed by atoms with van der Waals surface area (Å²) in [6.45, 7) is 6.41. The van der Waals surface area contributed by atoms with Gasteiger partial charge in [0, 0.05) is 28.9 Å².